The number of phenols is 1. The van der Waals surface area contributed by atoms with Crippen LogP contribution in [0, 0.1) is 11.8 Å². The molecular weight excluding hydrogens is 466 g/mol. The summed E-state index contributed by atoms with van der Waals surface area (Å²) >= 11 is 11.9. The zero-order valence-corrected chi connectivity index (χ0v) is 17.7. The molecule has 4 aromatic rings. The van der Waals surface area contributed by atoms with Crippen LogP contribution in [0.5, 0.6) is 5.75 Å². The van der Waals surface area contributed by atoms with Crippen molar-refractivity contribution in [3.8, 4) is 39.8 Å². The normalized spacial score (nSPS) is 11.4. The molecule has 2 heterocycles. The minimum atomic E-state index is -4.85. The van der Waals surface area contributed by atoms with Gasteiger partial charge >= 0.3 is 6.18 Å². The van der Waals surface area contributed by atoms with Gasteiger partial charge < -0.3 is 10.1 Å². The number of alkyl halides is 3. The molecule has 10 heteroatoms. The van der Waals surface area contributed by atoms with Crippen molar-refractivity contribution in [1.29, 1.82) is 0 Å². The van der Waals surface area contributed by atoms with Gasteiger partial charge in [-0.15, -0.1) is 5.92 Å². The van der Waals surface area contributed by atoms with E-state index in [1.54, 1.807) is 13.0 Å². The lowest BCUT2D eigenvalue weighted by Gasteiger charge is -2.08. The predicted molar refractivity (Wildman–Crippen MR) is 116 cm³/mol. The van der Waals surface area contributed by atoms with Gasteiger partial charge in [-0.25, -0.2) is 0 Å². The smallest absolute Gasteiger partial charge is 0.435 e. The summed E-state index contributed by atoms with van der Waals surface area (Å²) < 4.78 is 42.0. The number of phenolic OH excluding ortho intramolecular Hbond substituents is 1. The van der Waals surface area contributed by atoms with Crippen LogP contribution in [0.4, 0.5) is 13.2 Å². The molecule has 0 radical (unpaired) electrons. The van der Waals surface area contributed by atoms with Gasteiger partial charge in [-0.05, 0) is 42.8 Å². The van der Waals surface area contributed by atoms with Crippen LogP contribution in [-0.4, -0.2) is 19.7 Å². The van der Waals surface area contributed by atoms with Gasteiger partial charge in [-0.2, -0.15) is 22.8 Å². The first-order valence-electron chi connectivity index (χ1n) is 9.05. The zero-order chi connectivity index (χ0) is 23.2. The molecule has 0 aliphatic carbocycles. The van der Waals surface area contributed by atoms with Crippen LogP contribution < -0.4 is 5.56 Å². The monoisotopic (exact) mass is 477 g/mol. The topological polar surface area (TPSA) is 70.4 Å². The van der Waals surface area contributed by atoms with Gasteiger partial charge in [-0.1, -0.05) is 35.2 Å². The Labute approximate surface area is 189 Å². The Balaban J connectivity index is 1.99. The SMILES string of the molecule is CC#Cc1ccc(-c2c[nH]c3c(-c4ccc(Cl)c(Cl)c4)c(C(F)(F)F)nn3c2=O)c(O)c1. The molecule has 0 amide bonds. The van der Waals surface area contributed by atoms with Crippen LogP contribution in [0.15, 0.2) is 47.4 Å². The number of aromatic amines is 1. The first-order valence-corrected chi connectivity index (χ1v) is 9.80. The van der Waals surface area contributed by atoms with E-state index in [4.69, 9.17) is 23.2 Å². The maximum absolute atomic E-state index is 13.8. The lowest BCUT2D eigenvalue weighted by atomic mass is 10.0. The van der Waals surface area contributed by atoms with Gasteiger partial charge in [0.05, 0.1) is 21.2 Å². The summed E-state index contributed by atoms with van der Waals surface area (Å²) in [5.74, 6) is 5.20. The maximum Gasteiger partial charge on any atom is 0.435 e. The van der Waals surface area contributed by atoms with Gasteiger partial charge in [-0.3, -0.25) is 4.79 Å². The van der Waals surface area contributed by atoms with Crippen molar-refractivity contribution in [2.75, 3.05) is 0 Å². The first kappa shape index (κ1) is 21.8. The Morgan fingerprint density at radius 3 is 2.47 bits per heavy atom. The molecule has 2 N–H and O–H groups in total. The van der Waals surface area contributed by atoms with E-state index in [9.17, 15) is 23.1 Å². The Kier molecular flexibility index (Phi) is 5.41. The maximum atomic E-state index is 13.8. The van der Waals surface area contributed by atoms with Crippen LogP contribution in [0.2, 0.25) is 10.0 Å². The zero-order valence-electron chi connectivity index (χ0n) is 16.2. The van der Waals surface area contributed by atoms with E-state index < -0.39 is 17.4 Å². The Hall–Kier alpha value is -3.41. The van der Waals surface area contributed by atoms with Crippen LogP contribution >= 0.6 is 23.2 Å². The van der Waals surface area contributed by atoms with Crippen molar-refractivity contribution in [2.24, 2.45) is 0 Å². The number of hydrogen-bond acceptors (Lipinski definition) is 3. The van der Waals surface area contributed by atoms with Gasteiger partial charge in [0, 0.05) is 17.3 Å². The number of fused-ring (bicyclic) bond motifs is 1. The third-order valence-corrected chi connectivity index (χ3v) is 5.43. The summed E-state index contributed by atoms with van der Waals surface area (Å²) in [4.78, 5) is 15.8. The number of halogens is 5. The molecule has 0 unspecified atom stereocenters. The predicted octanol–water partition coefficient (Wildman–Crippen LogP) is 5.76. The average Bonchev–Trinajstić information content (AvgIpc) is 3.12. The molecule has 4 rings (SSSR count). The highest BCUT2D eigenvalue weighted by molar-refractivity contribution is 6.42. The summed E-state index contributed by atoms with van der Waals surface area (Å²) in [5.41, 5.74) is -1.99. The highest BCUT2D eigenvalue weighted by atomic mass is 35.5. The second-order valence-electron chi connectivity index (χ2n) is 6.73. The van der Waals surface area contributed by atoms with Crippen LogP contribution in [0.1, 0.15) is 18.2 Å². The third-order valence-electron chi connectivity index (χ3n) is 4.70. The molecule has 32 heavy (non-hydrogen) atoms. The highest BCUT2D eigenvalue weighted by Crippen LogP contribution is 2.40. The molecule has 0 aliphatic heterocycles. The molecule has 0 bridgehead atoms. The molecule has 0 saturated carbocycles. The summed E-state index contributed by atoms with van der Waals surface area (Å²) in [6.07, 6.45) is -3.63. The molecule has 2 aromatic carbocycles. The standard InChI is InChI=1S/C22H12Cl2F3N3O2/c1-2-3-11-4-6-13(17(31)8-11)14-10-28-20-18(12-5-7-15(23)16(24)9-12)19(22(25,26)27)29-30(20)21(14)32/h4-10,28,31H,1H3. The van der Waals surface area contributed by atoms with Gasteiger partial charge in [0.1, 0.15) is 11.4 Å². The van der Waals surface area contributed by atoms with Crippen molar-refractivity contribution in [1.82, 2.24) is 14.6 Å². The number of nitrogens with one attached hydrogen (secondary N) is 1. The van der Waals surface area contributed by atoms with Gasteiger partial charge in [0.2, 0.25) is 0 Å². The molecule has 5 nitrogen and oxygen atoms in total. The molecule has 0 fully saturated rings. The van der Waals surface area contributed by atoms with E-state index >= 15 is 0 Å². The van der Waals surface area contributed by atoms with Crippen LogP contribution in [0.25, 0.3) is 27.9 Å². The number of rotatable bonds is 2. The fraction of sp³-hybridized carbons (Fsp3) is 0.0909. The van der Waals surface area contributed by atoms with Crippen LogP contribution in [-0.2, 0) is 6.18 Å². The van der Waals surface area contributed by atoms with Gasteiger partial charge in [0.15, 0.2) is 5.69 Å². The average molecular weight is 478 g/mol. The fourth-order valence-corrected chi connectivity index (χ4v) is 3.61. The Morgan fingerprint density at radius 2 is 1.84 bits per heavy atom. The number of benzene rings is 2. The van der Waals surface area contributed by atoms with E-state index in [0.717, 1.165) is 0 Å². The molecular formula is C22H12Cl2F3N3O2. The van der Waals surface area contributed by atoms with E-state index in [1.165, 1.54) is 36.5 Å². The van der Waals surface area contributed by atoms with Crippen molar-refractivity contribution in [3.05, 3.63) is 74.3 Å². The molecule has 0 saturated heterocycles. The summed E-state index contributed by atoms with van der Waals surface area (Å²) in [6, 6.07) is 8.38. The lowest BCUT2D eigenvalue weighted by Crippen LogP contribution is -2.18. The molecule has 2 aromatic heterocycles. The molecule has 162 valence electrons. The number of hydrogen-bond donors (Lipinski definition) is 2. The second-order valence-corrected chi connectivity index (χ2v) is 7.54. The molecule has 0 spiro atoms. The number of H-pyrrole nitrogens is 1. The quantitative estimate of drug-likeness (QED) is 0.360. The lowest BCUT2D eigenvalue weighted by molar-refractivity contribution is -0.140. The number of nitrogens with zero attached hydrogens (tertiary/aromatic N) is 2. The highest BCUT2D eigenvalue weighted by Gasteiger charge is 2.39. The van der Waals surface area contributed by atoms with Crippen molar-refractivity contribution in [3.63, 3.8) is 0 Å². The van der Waals surface area contributed by atoms with Crippen LogP contribution in [0.3, 0.4) is 0 Å². The van der Waals surface area contributed by atoms with Crippen molar-refractivity contribution in [2.45, 2.75) is 13.1 Å². The minimum Gasteiger partial charge on any atom is -0.507 e. The minimum absolute atomic E-state index is 0.0517. The summed E-state index contributed by atoms with van der Waals surface area (Å²) in [6.45, 7) is 1.63. The van der Waals surface area contributed by atoms with E-state index in [0.29, 0.717) is 10.1 Å². The third kappa shape index (κ3) is 3.70. The number of aromatic nitrogens is 3. The van der Waals surface area contributed by atoms with E-state index in [2.05, 4.69) is 21.9 Å². The Morgan fingerprint density at radius 1 is 1.09 bits per heavy atom. The van der Waals surface area contributed by atoms with Gasteiger partial charge in [0.25, 0.3) is 5.56 Å². The van der Waals surface area contributed by atoms with Crippen molar-refractivity contribution >= 4 is 28.8 Å². The molecule has 0 aliphatic rings. The largest absolute Gasteiger partial charge is 0.507 e. The summed E-state index contributed by atoms with van der Waals surface area (Å²) in [7, 11) is 0. The van der Waals surface area contributed by atoms with Crippen molar-refractivity contribution < 1.29 is 18.3 Å². The van der Waals surface area contributed by atoms with E-state index in [-0.39, 0.29) is 43.7 Å². The second kappa shape index (κ2) is 7.93. The Bertz CT molecular complexity index is 1490. The number of aromatic hydroxyl groups is 1. The van der Waals surface area contributed by atoms with E-state index in [1.807, 2.05) is 0 Å². The summed E-state index contributed by atoms with van der Waals surface area (Å²) in [5, 5.41) is 14.1. The first-order chi connectivity index (χ1) is 15.1. The fourth-order valence-electron chi connectivity index (χ4n) is 3.31. The molecule has 0 atom stereocenters.